The topological polar surface area (TPSA) is 18.5 Å². The molecule has 3 rings (SSSR count). The van der Waals surface area contributed by atoms with Gasteiger partial charge >= 0.3 is 0 Å². The van der Waals surface area contributed by atoms with Crippen LogP contribution in [-0.2, 0) is 0 Å². The molecule has 3 saturated heterocycles. The highest BCUT2D eigenvalue weighted by Gasteiger charge is 2.39. The van der Waals surface area contributed by atoms with Gasteiger partial charge in [-0.25, -0.2) is 0 Å². The lowest BCUT2D eigenvalue weighted by Crippen LogP contribution is -2.52. The van der Waals surface area contributed by atoms with Crippen molar-refractivity contribution in [3.8, 4) is 0 Å². The van der Waals surface area contributed by atoms with Crippen molar-refractivity contribution in [2.75, 3.05) is 19.6 Å². The van der Waals surface area contributed by atoms with Crippen molar-refractivity contribution in [3.05, 3.63) is 0 Å². The number of nitrogens with zero attached hydrogens (tertiary/aromatic N) is 2. The Morgan fingerprint density at radius 2 is 1.79 bits per heavy atom. The van der Waals surface area contributed by atoms with Gasteiger partial charge in [-0.2, -0.15) is 0 Å². The van der Waals surface area contributed by atoms with Crippen molar-refractivity contribution in [2.45, 2.75) is 83.1 Å². The summed E-state index contributed by atoms with van der Waals surface area (Å²) in [5.74, 6) is 0. The van der Waals surface area contributed by atoms with Crippen LogP contribution >= 0.6 is 0 Å². The van der Waals surface area contributed by atoms with E-state index in [0.29, 0.717) is 6.04 Å². The zero-order valence-electron chi connectivity index (χ0n) is 12.9. The molecular weight excluding hydrogens is 234 g/mol. The number of hydrogen-bond acceptors (Lipinski definition) is 3. The molecule has 0 aromatic heterocycles. The van der Waals surface area contributed by atoms with E-state index >= 15 is 0 Å². The molecule has 0 aromatic rings. The zero-order valence-corrected chi connectivity index (χ0v) is 12.9. The van der Waals surface area contributed by atoms with Gasteiger partial charge in [-0.1, -0.05) is 6.92 Å². The first-order valence-corrected chi connectivity index (χ1v) is 8.43. The van der Waals surface area contributed by atoms with Gasteiger partial charge in [-0.3, -0.25) is 9.80 Å². The van der Waals surface area contributed by atoms with Gasteiger partial charge in [0.1, 0.15) is 0 Å². The summed E-state index contributed by atoms with van der Waals surface area (Å²) in [5.41, 5.74) is 0. The van der Waals surface area contributed by atoms with Crippen LogP contribution in [0.2, 0.25) is 0 Å². The van der Waals surface area contributed by atoms with E-state index in [9.17, 15) is 0 Å². The van der Waals surface area contributed by atoms with Crippen LogP contribution < -0.4 is 5.32 Å². The summed E-state index contributed by atoms with van der Waals surface area (Å²) in [6.45, 7) is 10.9. The van der Waals surface area contributed by atoms with Crippen LogP contribution in [-0.4, -0.2) is 59.6 Å². The Balaban J connectivity index is 1.61. The lowest BCUT2D eigenvalue weighted by molar-refractivity contribution is 0.0990. The zero-order chi connectivity index (χ0) is 13.4. The Morgan fingerprint density at radius 3 is 2.32 bits per heavy atom. The quantitative estimate of drug-likeness (QED) is 0.839. The number of likely N-dealkylation sites (tertiary alicyclic amines) is 1. The molecule has 3 unspecified atom stereocenters. The molecule has 3 heterocycles. The lowest BCUT2D eigenvalue weighted by atomic mass is 9.96. The average Bonchev–Trinajstić information content (AvgIpc) is 2.98. The summed E-state index contributed by atoms with van der Waals surface area (Å²) in [6, 6.07) is 4.02. The SMILES string of the molecule is CCN(C1CC2CCC(C1)N2)C1CCN(C(C)C)C1. The second-order valence-electron chi connectivity index (χ2n) is 7.12. The third-order valence-corrected chi connectivity index (χ3v) is 5.68. The number of nitrogens with one attached hydrogen (secondary N) is 1. The van der Waals surface area contributed by atoms with Crippen LogP contribution in [0, 0.1) is 0 Å². The fourth-order valence-corrected chi connectivity index (χ4v) is 4.62. The molecule has 2 bridgehead atoms. The van der Waals surface area contributed by atoms with Crippen LogP contribution in [0.15, 0.2) is 0 Å². The largest absolute Gasteiger partial charge is 0.311 e. The summed E-state index contributed by atoms with van der Waals surface area (Å²) in [7, 11) is 0. The molecule has 3 nitrogen and oxygen atoms in total. The van der Waals surface area contributed by atoms with Crippen molar-refractivity contribution in [1.82, 2.24) is 15.1 Å². The van der Waals surface area contributed by atoms with E-state index in [1.165, 1.54) is 51.7 Å². The Morgan fingerprint density at radius 1 is 1.11 bits per heavy atom. The average molecular weight is 265 g/mol. The maximum Gasteiger partial charge on any atom is 0.0238 e. The molecule has 3 fully saturated rings. The van der Waals surface area contributed by atoms with Crippen molar-refractivity contribution >= 4 is 0 Å². The van der Waals surface area contributed by atoms with E-state index in [2.05, 4.69) is 35.9 Å². The molecule has 0 saturated carbocycles. The first-order chi connectivity index (χ1) is 9.17. The first-order valence-electron chi connectivity index (χ1n) is 8.43. The Hall–Kier alpha value is -0.120. The molecule has 3 aliphatic rings. The molecule has 3 heteroatoms. The first kappa shape index (κ1) is 13.8. The standard InChI is InChI=1S/C16H31N3/c1-4-19(15-7-8-18(11-15)12(2)3)16-9-13-5-6-14(10-16)17-13/h12-17H,4-11H2,1-3H3. The maximum atomic E-state index is 3.78. The monoisotopic (exact) mass is 265 g/mol. The van der Waals surface area contributed by atoms with E-state index < -0.39 is 0 Å². The summed E-state index contributed by atoms with van der Waals surface area (Å²) in [4.78, 5) is 5.50. The van der Waals surface area contributed by atoms with Crippen LogP contribution in [0.4, 0.5) is 0 Å². The Kier molecular flexibility index (Phi) is 4.16. The smallest absolute Gasteiger partial charge is 0.0238 e. The van der Waals surface area contributed by atoms with Gasteiger partial charge < -0.3 is 5.32 Å². The van der Waals surface area contributed by atoms with Crippen LogP contribution in [0.3, 0.4) is 0 Å². The molecule has 0 aliphatic carbocycles. The van der Waals surface area contributed by atoms with Gasteiger partial charge in [0.25, 0.3) is 0 Å². The molecule has 3 aliphatic heterocycles. The molecule has 1 N–H and O–H groups in total. The number of likely N-dealkylation sites (N-methyl/N-ethyl adjacent to an activating group) is 1. The predicted molar refractivity (Wildman–Crippen MR) is 80.5 cm³/mol. The van der Waals surface area contributed by atoms with Crippen LogP contribution in [0.5, 0.6) is 0 Å². The minimum atomic E-state index is 0.716. The number of hydrogen-bond donors (Lipinski definition) is 1. The Bertz CT molecular complexity index is 292. The molecule has 0 spiro atoms. The predicted octanol–water partition coefficient (Wildman–Crippen LogP) is 2.07. The molecule has 0 radical (unpaired) electrons. The van der Waals surface area contributed by atoms with E-state index in [1.807, 2.05) is 0 Å². The third kappa shape index (κ3) is 2.84. The normalized spacial score (nSPS) is 39.6. The number of rotatable bonds is 4. The fourth-order valence-electron chi connectivity index (χ4n) is 4.62. The second-order valence-corrected chi connectivity index (χ2v) is 7.12. The lowest BCUT2D eigenvalue weighted by Gasteiger charge is -2.40. The highest BCUT2D eigenvalue weighted by atomic mass is 15.3. The summed E-state index contributed by atoms with van der Waals surface area (Å²) in [5, 5.41) is 3.78. The minimum absolute atomic E-state index is 0.716. The van der Waals surface area contributed by atoms with Crippen molar-refractivity contribution < 1.29 is 0 Å². The highest BCUT2D eigenvalue weighted by Crippen LogP contribution is 2.32. The van der Waals surface area contributed by atoms with Crippen molar-refractivity contribution in [3.63, 3.8) is 0 Å². The second kappa shape index (κ2) is 5.71. The minimum Gasteiger partial charge on any atom is -0.311 e. The highest BCUT2D eigenvalue weighted by molar-refractivity contribution is 4.98. The van der Waals surface area contributed by atoms with E-state index in [0.717, 1.165) is 24.2 Å². The van der Waals surface area contributed by atoms with Gasteiger partial charge in [0.05, 0.1) is 0 Å². The van der Waals surface area contributed by atoms with E-state index in [-0.39, 0.29) is 0 Å². The maximum absolute atomic E-state index is 3.78. The van der Waals surface area contributed by atoms with Gasteiger partial charge in [0, 0.05) is 43.3 Å². The molecular formula is C16H31N3. The van der Waals surface area contributed by atoms with Gasteiger partial charge in [-0.15, -0.1) is 0 Å². The van der Waals surface area contributed by atoms with E-state index in [1.54, 1.807) is 0 Å². The van der Waals surface area contributed by atoms with Crippen LogP contribution in [0.25, 0.3) is 0 Å². The molecule has 0 amide bonds. The Labute approximate surface area is 118 Å². The molecule has 3 atom stereocenters. The molecule has 19 heavy (non-hydrogen) atoms. The van der Waals surface area contributed by atoms with Crippen molar-refractivity contribution in [1.29, 1.82) is 0 Å². The summed E-state index contributed by atoms with van der Waals surface area (Å²) < 4.78 is 0. The van der Waals surface area contributed by atoms with E-state index in [4.69, 9.17) is 0 Å². The van der Waals surface area contributed by atoms with Crippen molar-refractivity contribution in [2.24, 2.45) is 0 Å². The summed E-state index contributed by atoms with van der Waals surface area (Å²) >= 11 is 0. The molecule has 110 valence electrons. The van der Waals surface area contributed by atoms with Gasteiger partial charge in [0.2, 0.25) is 0 Å². The number of fused-ring (bicyclic) bond motifs is 2. The number of piperidine rings is 1. The van der Waals surface area contributed by atoms with Gasteiger partial charge in [0.15, 0.2) is 0 Å². The molecule has 0 aromatic carbocycles. The fraction of sp³-hybridized carbons (Fsp3) is 1.00. The summed E-state index contributed by atoms with van der Waals surface area (Å²) in [6.07, 6.45) is 7.00. The van der Waals surface area contributed by atoms with Crippen LogP contribution in [0.1, 0.15) is 52.9 Å². The van der Waals surface area contributed by atoms with Gasteiger partial charge in [-0.05, 0) is 52.5 Å². The third-order valence-electron chi connectivity index (χ3n) is 5.68.